The summed E-state index contributed by atoms with van der Waals surface area (Å²) in [5.41, 5.74) is 1.39. The van der Waals surface area contributed by atoms with Crippen molar-refractivity contribution >= 4 is 17.5 Å². The highest BCUT2D eigenvalue weighted by atomic mass is 16.9. The van der Waals surface area contributed by atoms with Crippen LogP contribution in [0.2, 0.25) is 0 Å². The quantitative estimate of drug-likeness (QED) is 0.479. The molecule has 180 valence electrons. The predicted octanol–water partition coefficient (Wildman–Crippen LogP) is 1.90. The lowest BCUT2D eigenvalue weighted by Crippen LogP contribution is -2.56. The molecule has 9 heteroatoms. The number of ether oxygens (including phenoxy) is 6. The average molecular weight is 469 g/mol. The second-order valence-electron chi connectivity index (χ2n) is 10.7. The fourth-order valence-corrected chi connectivity index (χ4v) is 6.40. The summed E-state index contributed by atoms with van der Waals surface area (Å²) in [6, 6.07) is 9.03. The number of hydrogen-bond donors (Lipinski definition) is 0. The molecule has 0 aliphatic carbocycles. The summed E-state index contributed by atoms with van der Waals surface area (Å²) in [5.74, 6) is -3.23. The van der Waals surface area contributed by atoms with Crippen molar-refractivity contribution in [1.82, 2.24) is 0 Å². The molecule has 5 fully saturated rings. The van der Waals surface area contributed by atoms with E-state index in [1.165, 1.54) is 4.90 Å². The van der Waals surface area contributed by atoms with Gasteiger partial charge in [0.05, 0.1) is 29.7 Å². The van der Waals surface area contributed by atoms with Crippen LogP contribution in [0.5, 0.6) is 0 Å². The average Bonchev–Trinajstić information content (AvgIpc) is 3.54. The Labute approximate surface area is 196 Å². The van der Waals surface area contributed by atoms with Gasteiger partial charge in [0.2, 0.25) is 11.8 Å². The number of para-hydroxylation sites is 1. The number of fused-ring (bicyclic) bond motifs is 8. The normalized spacial score (nSPS) is 45.4. The highest BCUT2D eigenvalue weighted by molar-refractivity contribution is 6.23. The molecule has 2 amide bonds. The van der Waals surface area contributed by atoms with Gasteiger partial charge in [-0.3, -0.25) is 9.59 Å². The highest BCUT2D eigenvalue weighted by Crippen LogP contribution is 2.53. The maximum atomic E-state index is 13.5. The van der Waals surface area contributed by atoms with Crippen molar-refractivity contribution in [3.63, 3.8) is 0 Å². The van der Waals surface area contributed by atoms with E-state index < -0.39 is 66.3 Å². The van der Waals surface area contributed by atoms with Crippen LogP contribution in [0.25, 0.3) is 0 Å². The Morgan fingerprint density at radius 3 is 2.15 bits per heavy atom. The Hall–Kier alpha value is -2.14. The molecule has 2 bridgehead atoms. The van der Waals surface area contributed by atoms with Gasteiger partial charge in [0.25, 0.3) is 0 Å². The van der Waals surface area contributed by atoms with Crippen molar-refractivity contribution in [3.8, 4) is 0 Å². The maximum Gasteiger partial charge on any atom is 0.240 e. The highest BCUT2D eigenvalue weighted by Gasteiger charge is 2.67. The van der Waals surface area contributed by atoms with Gasteiger partial charge in [-0.25, -0.2) is 4.90 Å². The van der Waals surface area contributed by atoms with Crippen LogP contribution < -0.4 is 4.90 Å². The first-order valence-electron chi connectivity index (χ1n) is 11.8. The van der Waals surface area contributed by atoms with Gasteiger partial charge in [-0.1, -0.05) is 24.3 Å². The summed E-state index contributed by atoms with van der Waals surface area (Å²) in [4.78, 5) is 28.0. The summed E-state index contributed by atoms with van der Waals surface area (Å²) < 4.78 is 37.2. The molecule has 9 nitrogen and oxygen atoms in total. The molecule has 6 aliphatic rings. The third-order valence-corrected chi connectivity index (χ3v) is 7.56. The van der Waals surface area contributed by atoms with Gasteiger partial charge in [0.15, 0.2) is 17.9 Å². The monoisotopic (exact) mass is 469 g/mol. The molecule has 0 unspecified atom stereocenters. The predicted molar refractivity (Wildman–Crippen MR) is 115 cm³/mol. The van der Waals surface area contributed by atoms with Crippen molar-refractivity contribution in [1.29, 1.82) is 0 Å². The minimum Gasteiger partial charge on any atom is -0.365 e. The van der Waals surface area contributed by atoms with Crippen molar-refractivity contribution in [3.05, 3.63) is 42.0 Å². The van der Waals surface area contributed by atoms with Gasteiger partial charge in [-0.15, -0.1) is 0 Å². The zero-order chi connectivity index (χ0) is 23.6. The molecule has 9 atom stereocenters. The number of benzene rings is 1. The molecule has 7 rings (SSSR count). The molecule has 6 aliphatic heterocycles. The molecule has 5 saturated heterocycles. The molecule has 0 aromatic heterocycles. The first-order chi connectivity index (χ1) is 16.1. The number of nitrogens with zero attached hydrogens (tertiary/aromatic N) is 1. The molecule has 34 heavy (non-hydrogen) atoms. The fraction of sp³-hybridized carbons (Fsp3) is 0.600. The van der Waals surface area contributed by atoms with Gasteiger partial charge < -0.3 is 28.4 Å². The Kier molecular flexibility index (Phi) is 4.20. The Morgan fingerprint density at radius 2 is 1.38 bits per heavy atom. The van der Waals surface area contributed by atoms with Crippen molar-refractivity contribution < 1.29 is 38.0 Å². The van der Waals surface area contributed by atoms with Gasteiger partial charge >= 0.3 is 0 Å². The summed E-state index contributed by atoms with van der Waals surface area (Å²) in [6.07, 6.45) is -1.60. The molecule has 0 spiro atoms. The third kappa shape index (κ3) is 2.82. The van der Waals surface area contributed by atoms with Crippen LogP contribution in [0.3, 0.4) is 0 Å². The zero-order valence-electron chi connectivity index (χ0n) is 19.4. The fourth-order valence-electron chi connectivity index (χ4n) is 6.40. The van der Waals surface area contributed by atoms with Crippen molar-refractivity contribution in [2.45, 2.75) is 82.2 Å². The Morgan fingerprint density at radius 1 is 0.735 bits per heavy atom. The minimum absolute atomic E-state index is 0.220. The minimum atomic E-state index is -0.827. The molecule has 1 aromatic rings. The van der Waals surface area contributed by atoms with E-state index in [9.17, 15) is 9.59 Å². The van der Waals surface area contributed by atoms with Crippen LogP contribution in [0, 0.1) is 11.8 Å². The van der Waals surface area contributed by atoms with Gasteiger partial charge in [0.1, 0.15) is 24.4 Å². The molecule has 1 aromatic carbocycles. The summed E-state index contributed by atoms with van der Waals surface area (Å²) in [6.45, 7) is 7.39. The van der Waals surface area contributed by atoms with Gasteiger partial charge in [-0.05, 0) is 45.4 Å². The van der Waals surface area contributed by atoms with E-state index in [0.29, 0.717) is 5.69 Å². The number of hydrogen-bond acceptors (Lipinski definition) is 8. The first kappa shape index (κ1) is 21.2. The first-order valence-corrected chi connectivity index (χ1v) is 11.8. The summed E-state index contributed by atoms with van der Waals surface area (Å²) >= 11 is 0. The number of carbonyl (C=O) groups excluding carboxylic acids is 2. The van der Waals surface area contributed by atoms with E-state index in [-0.39, 0.29) is 11.8 Å². The maximum absolute atomic E-state index is 13.5. The van der Waals surface area contributed by atoms with E-state index in [0.717, 1.165) is 5.57 Å². The number of carbonyl (C=O) groups is 2. The topological polar surface area (TPSA) is 92.8 Å². The molecule has 0 saturated carbocycles. The Balaban J connectivity index is 1.22. The summed E-state index contributed by atoms with van der Waals surface area (Å²) in [7, 11) is 0. The van der Waals surface area contributed by atoms with Crippen molar-refractivity contribution in [2.75, 3.05) is 4.90 Å². The van der Waals surface area contributed by atoms with Gasteiger partial charge in [-0.2, -0.15) is 0 Å². The molecular formula is C25H27NO8. The largest absolute Gasteiger partial charge is 0.365 e. The standard InChI is InChI=1S/C25H27NO8/c1-24(2)31-18-17(30-23-20(19(18)32-24)33-25(3,4)34-23)12-10-13-14-15(16(12)29-13)22(28)26(21(14)27)11-8-6-5-7-9-11/h5-10,13-20,23H,1-4H3/t13-,14+,15+,16-,17+,18+,19+,20-,23-/m1/s1. The van der Waals surface area contributed by atoms with Crippen LogP contribution in [0.15, 0.2) is 42.0 Å². The molecule has 0 radical (unpaired) electrons. The SMILES string of the molecule is CC1(C)O[C@H]2[C@@H](O1)[C@H](C1=C[C@H]3O[C@H]1[C@H]1C(=O)N(c4ccccc4)C(=O)[C@H]13)O[C@@H]1OC(C)(C)O[C@@H]12. The van der Waals surface area contributed by atoms with Crippen LogP contribution in [0.4, 0.5) is 5.69 Å². The second-order valence-corrected chi connectivity index (χ2v) is 10.7. The second kappa shape index (κ2) is 6.75. The van der Waals surface area contributed by atoms with Crippen LogP contribution in [-0.2, 0) is 38.0 Å². The van der Waals surface area contributed by atoms with Crippen LogP contribution in [-0.4, -0.2) is 66.3 Å². The number of anilines is 1. The van der Waals surface area contributed by atoms with Crippen LogP contribution >= 0.6 is 0 Å². The lowest BCUT2D eigenvalue weighted by atomic mass is 9.77. The number of imide groups is 1. The third-order valence-electron chi connectivity index (χ3n) is 7.56. The van der Waals surface area contributed by atoms with E-state index in [1.807, 2.05) is 52.0 Å². The van der Waals surface area contributed by atoms with E-state index in [1.54, 1.807) is 12.1 Å². The van der Waals surface area contributed by atoms with E-state index in [4.69, 9.17) is 28.4 Å². The number of amides is 2. The zero-order valence-corrected chi connectivity index (χ0v) is 19.4. The number of rotatable bonds is 2. The molecule has 0 N–H and O–H groups in total. The van der Waals surface area contributed by atoms with Gasteiger partial charge in [0, 0.05) is 0 Å². The van der Waals surface area contributed by atoms with E-state index >= 15 is 0 Å². The lowest BCUT2D eigenvalue weighted by molar-refractivity contribution is -0.226. The lowest BCUT2D eigenvalue weighted by Gasteiger charge is -2.39. The van der Waals surface area contributed by atoms with Crippen LogP contribution in [0.1, 0.15) is 27.7 Å². The smallest absolute Gasteiger partial charge is 0.240 e. The summed E-state index contributed by atoms with van der Waals surface area (Å²) in [5, 5.41) is 0. The Bertz CT molecular complexity index is 1100. The van der Waals surface area contributed by atoms with E-state index in [2.05, 4.69) is 0 Å². The van der Waals surface area contributed by atoms with Crippen molar-refractivity contribution in [2.24, 2.45) is 11.8 Å². The molecule has 6 heterocycles. The molecular weight excluding hydrogens is 442 g/mol.